The van der Waals surface area contributed by atoms with Crippen LogP contribution in [0, 0.1) is 5.92 Å². The van der Waals surface area contributed by atoms with Crippen LogP contribution < -0.4 is 0 Å². The van der Waals surface area contributed by atoms with Crippen molar-refractivity contribution in [2.45, 2.75) is 24.7 Å². The number of rotatable bonds is 3. The quantitative estimate of drug-likeness (QED) is 0.940. The summed E-state index contributed by atoms with van der Waals surface area (Å²) in [6.45, 7) is 0. The number of hydrogen-bond acceptors (Lipinski definition) is 4. The van der Waals surface area contributed by atoms with Gasteiger partial charge < -0.3 is 5.11 Å². The second kappa shape index (κ2) is 5.50. The number of carboxylic acids is 1. The summed E-state index contributed by atoms with van der Waals surface area (Å²) in [5.74, 6) is -1.55. The van der Waals surface area contributed by atoms with Crippen LogP contribution in [0.5, 0.6) is 0 Å². The molecular formula is C15H14O3S2. The summed E-state index contributed by atoms with van der Waals surface area (Å²) in [7, 11) is 0. The van der Waals surface area contributed by atoms with Gasteiger partial charge in [-0.15, -0.1) is 11.3 Å². The highest BCUT2D eigenvalue weighted by atomic mass is 32.1. The summed E-state index contributed by atoms with van der Waals surface area (Å²) < 4.78 is 0. The third-order valence-electron chi connectivity index (χ3n) is 3.93. The number of aliphatic carboxylic acids is 1. The minimum Gasteiger partial charge on any atom is -0.481 e. The van der Waals surface area contributed by atoms with Crippen molar-refractivity contribution in [3.05, 3.63) is 44.8 Å². The fraction of sp³-hybridized carbons (Fsp3) is 0.333. The monoisotopic (exact) mass is 306 g/mol. The van der Waals surface area contributed by atoms with Gasteiger partial charge in [0, 0.05) is 29.6 Å². The molecule has 3 unspecified atom stereocenters. The summed E-state index contributed by atoms with van der Waals surface area (Å²) in [4.78, 5) is 24.8. The molecule has 2 heterocycles. The molecular weight excluding hydrogens is 292 g/mol. The molecule has 3 rings (SSSR count). The number of thiophene rings is 2. The molecule has 0 spiro atoms. The lowest BCUT2D eigenvalue weighted by Gasteiger charge is -2.34. The zero-order valence-electron chi connectivity index (χ0n) is 10.7. The molecule has 1 aliphatic rings. The lowest BCUT2D eigenvalue weighted by atomic mass is 9.69. The second-order valence-corrected chi connectivity index (χ2v) is 6.86. The van der Waals surface area contributed by atoms with Crippen molar-refractivity contribution >= 4 is 34.4 Å². The van der Waals surface area contributed by atoms with Gasteiger partial charge in [0.15, 0.2) is 0 Å². The Morgan fingerprint density at radius 1 is 1.20 bits per heavy atom. The zero-order chi connectivity index (χ0) is 14.1. The predicted molar refractivity (Wildman–Crippen MR) is 79.5 cm³/mol. The van der Waals surface area contributed by atoms with Gasteiger partial charge in [-0.2, -0.15) is 11.3 Å². The van der Waals surface area contributed by atoms with Crippen LogP contribution in [0.3, 0.4) is 0 Å². The molecule has 1 N–H and O–H groups in total. The van der Waals surface area contributed by atoms with Crippen LogP contribution in [0.25, 0.3) is 0 Å². The second-order valence-electron chi connectivity index (χ2n) is 5.10. The van der Waals surface area contributed by atoms with Crippen LogP contribution in [-0.4, -0.2) is 16.9 Å². The summed E-state index contributed by atoms with van der Waals surface area (Å²) in [5, 5.41) is 15.5. The molecule has 1 aliphatic carbocycles. The summed E-state index contributed by atoms with van der Waals surface area (Å²) in [6.07, 6.45) is 0.688. The molecule has 2 aromatic heterocycles. The van der Waals surface area contributed by atoms with E-state index >= 15 is 0 Å². The predicted octanol–water partition coefficient (Wildman–Crippen LogP) is 3.74. The van der Waals surface area contributed by atoms with E-state index in [0.29, 0.717) is 12.8 Å². The van der Waals surface area contributed by atoms with Crippen molar-refractivity contribution in [2.24, 2.45) is 5.92 Å². The van der Waals surface area contributed by atoms with E-state index in [1.165, 1.54) is 11.3 Å². The molecule has 1 saturated carbocycles. The maximum atomic E-state index is 12.1. The number of Topliss-reactive ketones (excluding diaryl/α,β-unsaturated/α-hetero) is 1. The SMILES string of the molecule is O=C1CC(c2ccsc2)C(C(=O)O)C(c2cccs2)C1. The molecule has 0 bridgehead atoms. The molecule has 1 fully saturated rings. The first-order valence-corrected chi connectivity index (χ1v) is 8.29. The number of hydrogen-bond donors (Lipinski definition) is 1. The minimum absolute atomic E-state index is 0.164. The van der Waals surface area contributed by atoms with Crippen molar-refractivity contribution in [2.75, 3.05) is 0 Å². The molecule has 0 saturated heterocycles. The van der Waals surface area contributed by atoms with E-state index in [2.05, 4.69) is 0 Å². The van der Waals surface area contributed by atoms with Crippen molar-refractivity contribution < 1.29 is 14.7 Å². The molecule has 0 radical (unpaired) electrons. The van der Waals surface area contributed by atoms with Crippen LogP contribution in [-0.2, 0) is 9.59 Å². The number of ketones is 1. The number of carboxylic acid groups (broad SMARTS) is 1. The Kier molecular flexibility index (Phi) is 3.72. The summed E-state index contributed by atoms with van der Waals surface area (Å²) in [6, 6.07) is 5.79. The molecule has 0 amide bonds. The Balaban J connectivity index is 2.01. The Morgan fingerprint density at radius 2 is 2.00 bits per heavy atom. The van der Waals surface area contributed by atoms with Gasteiger partial charge in [0.25, 0.3) is 0 Å². The van der Waals surface area contributed by atoms with E-state index in [-0.39, 0.29) is 17.6 Å². The zero-order valence-corrected chi connectivity index (χ0v) is 12.3. The van der Waals surface area contributed by atoms with Crippen molar-refractivity contribution in [1.82, 2.24) is 0 Å². The Morgan fingerprint density at radius 3 is 2.60 bits per heavy atom. The molecule has 0 aromatic carbocycles. The van der Waals surface area contributed by atoms with Crippen molar-refractivity contribution in [3.8, 4) is 0 Å². The van der Waals surface area contributed by atoms with Crippen LogP contribution in [0.2, 0.25) is 0 Å². The highest BCUT2D eigenvalue weighted by molar-refractivity contribution is 7.10. The van der Waals surface area contributed by atoms with Crippen molar-refractivity contribution in [3.63, 3.8) is 0 Å². The highest BCUT2D eigenvalue weighted by Gasteiger charge is 2.43. The standard InChI is InChI=1S/C15H14O3S2/c16-10-6-11(9-3-5-19-8-9)14(15(17)18)12(7-10)13-2-1-4-20-13/h1-5,8,11-12,14H,6-7H2,(H,17,18). The molecule has 104 valence electrons. The number of carbonyl (C=O) groups excluding carboxylic acids is 1. The van der Waals surface area contributed by atoms with E-state index in [1.807, 2.05) is 34.3 Å². The van der Waals surface area contributed by atoms with Gasteiger partial charge in [0.05, 0.1) is 5.92 Å². The average molecular weight is 306 g/mol. The lowest BCUT2D eigenvalue weighted by molar-refractivity contribution is -0.145. The first-order valence-electron chi connectivity index (χ1n) is 6.47. The smallest absolute Gasteiger partial charge is 0.307 e. The fourth-order valence-electron chi connectivity index (χ4n) is 3.04. The molecule has 0 aliphatic heterocycles. The number of carbonyl (C=O) groups is 2. The van der Waals surface area contributed by atoms with Gasteiger partial charge in [0.2, 0.25) is 0 Å². The Bertz CT molecular complexity index is 555. The van der Waals surface area contributed by atoms with Gasteiger partial charge in [-0.3, -0.25) is 9.59 Å². The van der Waals surface area contributed by atoms with E-state index < -0.39 is 11.9 Å². The third-order valence-corrected chi connectivity index (χ3v) is 5.63. The molecule has 5 heteroatoms. The van der Waals surface area contributed by atoms with E-state index in [4.69, 9.17) is 0 Å². The fourth-order valence-corrected chi connectivity index (χ4v) is 4.64. The van der Waals surface area contributed by atoms with Crippen LogP contribution in [0.4, 0.5) is 0 Å². The average Bonchev–Trinajstić information content (AvgIpc) is 3.11. The highest BCUT2D eigenvalue weighted by Crippen LogP contribution is 2.46. The van der Waals surface area contributed by atoms with Gasteiger partial charge >= 0.3 is 5.97 Å². The maximum absolute atomic E-state index is 12.1. The first kappa shape index (κ1) is 13.5. The largest absolute Gasteiger partial charge is 0.481 e. The Hall–Kier alpha value is -1.46. The van der Waals surface area contributed by atoms with E-state index in [0.717, 1.165) is 10.4 Å². The van der Waals surface area contributed by atoms with Crippen LogP contribution in [0.15, 0.2) is 34.3 Å². The maximum Gasteiger partial charge on any atom is 0.307 e. The van der Waals surface area contributed by atoms with Crippen LogP contribution in [0.1, 0.15) is 35.1 Å². The van der Waals surface area contributed by atoms with E-state index in [9.17, 15) is 14.7 Å². The topological polar surface area (TPSA) is 54.4 Å². The third kappa shape index (κ3) is 2.43. The van der Waals surface area contributed by atoms with Gasteiger partial charge in [-0.1, -0.05) is 6.07 Å². The summed E-state index contributed by atoms with van der Waals surface area (Å²) >= 11 is 3.08. The molecule has 20 heavy (non-hydrogen) atoms. The molecule has 3 atom stereocenters. The van der Waals surface area contributed by atoms with Crippen LogP contribution >= 0.6 is 22.7 Å². The van der Waals surface area contributed by atoms with Gasteiger partial charge in [-0.25, -0.2) is 0 Å². The summed E-state index contributed by atoms with van der Waals surface area (Å²) in [5.41, 5.74) is 0.983. The van der Waals surface area contributed by atoms with Crippen molar-refractivity contribution in [1.29, 1.82) is 0 Å². The Labute approximate surface area is 124 Å². The first-order chi connectivity index (χ1) is 9.66. The van der Waals surface area contributed by atoms with Gasteiger partial charge in [0.1, 0.15) is 5.78 Å². The normalized spacial score (nSPS) is 26.6. The van der Waals surface area contributed by atoms with E-state index in [1.54, 1.807) is 11.3 Å². The lowest BCUT2D eigenvalue weighted by Crippen LogP contribution is -2.35. The molecule has 2 aromatic rings. The van der Waals surface area contributed by atoms with Gasteiger partial charge in [-0.05, 0) is 33.8 Å². The minimum atomic E-state index is -0.799. The molecule has 3 nitrogen and oxygen atoms in total.